The predicted molar refractivity (Wildman–Crippen MR) is 112 cm³/mol. The number of aliphatic hydroxyl groups excluding tert-OH is 1. The zero-order valence-electron chi connectivity index (χ0n) is 16.1. The molecular formula is C19H19FN3O6PS. The van der Waals surface area contributed by atoms with Gasteiger partial charge in [-0.25, -0.2) is 12.8 Å². The van der Waals surface area contributed by atoms with Gasteiger partial charge in [0.15, 0.2) is 0 Å². The molecule has 2 aromatic carbocycles. The van der Waals surface area contributed by atoms with E-state index >= 15 is 0 Å². The Labute approximate surface area is 179 Å². The first-order valence-electron chi connectivity index (χ1n) is 9.24. The van der Waals surface area contributed by atoms with Gasteiger partial charge in [-0.2, -0.15) is 9.40 Å². The van der Waals surface area contributed by atoms with E-state index in [1.807, 2.05) is 0 Å². The van der Waals surface area contributed by atoms with Crippen LogP contribution in [0.4, 0.5) is 4.39 Å². The van der Waals surface area contributed by atoms with Crippen LogP contribution in [-0.4, -0.2) is 57.9 Å². The molecule has 3 aromatic rings. The molecule has 4 rings (SSSR count). The Bertz CT molecular complexity index is 1250. The summed E-state index contributed by atoms with van der Waals surface area (Å²) in [7, 11) is -1.84. The fourth-order valence-electron chi connectivity index (χ4n) is 3.71. The van der Waals surface area contributed by atoms with Crippen molar-refractivity contribution in [1.29, 1.82) is 0 Å². The molecule has 2 N–H and O–H groups in total. The standard InChI is InChI=1S/C19H19FN3O6PS/c20-11-1-6-14-15(8-19(25)26)21-23(16(14)7-11)17-9-22(10-18(17)24)31(27,28)13-4-2-12(29-30)3-5-13/h1-7,17-18,24H,8-10,30H2,(H,25,26)/t17-,18-/m0/s1. The monoisotopic (exact) mass is 467 g/mol. The quantitative estimate of drug-likeness (QED) is 0.528. The molecule has 2 heterocycles. The lowest BCUT2D eigenvalue weighted by atomic mass is 10.1. The largest absolute Gasteiger partial charge is 0.481 e. The molecule has 0 radical (unpaired) electrons. The van der Waals surface area contributed by atoms with E-state index in [1.165, 1.54) is 47.1 Å². The molecule has 1 aliphatic rings. The number of rotatable bonds is 6. The Hall–Kier alpha value is -2.59. The second-order valence-corrected chi connectivity index (χ2v) is 9.34. The third-order valence-electron chi connectivity index (χ3n) is 5.20. The summed E-state index contributed by atoms with van der Waals surface area (Å²) in [6.45, 7) is -0.287. The number of halogens is 1. The number of carboxylic acids is 1. The minimum Gasteiger partial charge on any atom is -0.481 e. The summed E-state index contributed by atoms with van der Waals surface area (Å²) >= 11 is 0. The van der Waals surface area contributed by atoms with Gasteiger partial charge in [-0.3, -0.25) is 9.48 Å². The van der Waals surface area contributed by atoms with E-state index in [9.17, 15) is 22.7 Å². The molecule has 12 heteroatoms. The summed E-state index contributed by atoms with van der Waals surface area (Å²) in [6, 6.07) is 8.82. The van der Waals surface area contributed by atoms with Crippen LogP contribution in [-0.2, 0) is 21.2 Å². The van der Waals surface area contributed by atoms with Crippen LogP contribution in [0.25, 0.3) is 10.9 Å². The number of fused-ring (bicyclic) bond motifs is 1. The SMILES string of the molecule is O=C(O)Cc1nn([C@H]2CN(S(=O)(=O)c3ccc(OP)cc3)C[C@@H]2O)c2cc(F)ccc12. The third-order valence-corrected chi connectivity index (χ3v) is 7.32. The van der Waals surface area contributed by atoms with Crippen LogP contribution < -0.4 is 4.52 Å². The van der Waals surface area contributed by atoms with E-state index in [-0.39, 0.29) is 30.1 Å². The molecule has 164 valence electrons. The van der Waals surface area contributed by atoms with Gasteiger partial charge in [-0.05, 0) is 42.5 Å². The smallest absolute Gasteiger partial charge is 0.309 e. The number of aliphatic hydroxyl groups is 1. The predicted octanol–water partition coefficient (Wildman–Crippen LogP) is 1.58. The first kappa shape index (κ1) is 21.6. The maximum absolute atomic E-state index is 13.9. The summed E-state index contributed by atoms with van der Waals surface area (Å²) in [5, 5.41) is 24.5. The average Bonchev–Trinajstić information content (AvgIpc) is 3.28. The van der Waals surface area contributed by atoms with E-state index in [2.05, 4.69) is 14.6 Å². The van der Waals surface area contributed by atoms with Crippen LogP contribution >= 0.6 is 9.47 Å². The van der Waals surface area contributed by atoms with Crippen LogP contribution in [0.5, 0.6) is 5.75 Å². The van der Waals surface area contributed by atoms with Crippen molar-refractivity contribution in [2.75, 3.05) is 13.1 Å². The Morgan fingerprint density at radius 1 is 1.23 bits per heavy atom. The van der Waals surface area contributed by atoms with Gasteiger partial charge in [0.05, 0.1) is 44.1 Å². The third kappa shape index (κ3) is 4.01. The number of carbonyl (C=O) groups is 1. The summed E-state index contributed by atoms with van der Waals surface area (Å²) in [5.74, 6) is -1.19. The number of aliphatic carboxylic acids is 1. The lowest BCUT2D eigenvalue weighted by Crippen LogP contribution is -2.29. The molecule has 0 saturated carbocycles. The number of benzene rings is 2. The number of carboxylic acid groups (broad SMARTS) is 1. The minimum absolute atomic E-state index is 0.0362. The first-order valence-corrected chi connectivity index (χ1v) is 11.2. The van der Waals surface area contributed by atoms with Crippen LogP contribution in [0.2, 0.25) is 0 Å². The van der Waals surface area contributed by atoms with Gasteiger partial charge in [0, 0.05) is 18.5 Å². The normalized spacial score (nSPS) is 19.7. The van der Waals surface area contributed by atoms with E-state index in [1.54, 1.807) is 0 Å². The highest BCUT2D eigenvalue weighted by atomic mass is 32.2. The topological polar surface area (TPSA) is 122 Å². The lowest BCUT2D eigenvalue weighted by Gasteiger charge is -2.17. The fraction of sp³-hybridized carbons (Fsp3) is 0.263. The number of hydrogen-bond acceptors (Lipinski definition) is 6. The van der Waals surface area contributed by atoms with E-state index in [0.717, 1.165) is 4.31 Å². The summed E-state index contributed by atoms with van der Waals surface area (Å²) in [5.41, 5.74) is 0.505. The van der Waals surface area contributed by atoms with Gasteiger partial charge < -0.3 is 14.7 Å². The number of β-amino-alcohol motifs (C(OH)–C–C–N with tert-alkyl or cyclic N) is 1. The molecule has 31 heavy (non-hydrogen) atoms. The highest BCUT2D eigenvalue weighted by Crippen LogP contribution is 2.32. The molecule has 1 fully saturated rings. The van der Waals surface area contributed by atoms with Crippen LogP contribution in [0.1, 0.15) is 11.7 Å². The van der Waals surface area contributed by atoms with Crippen molar-refractivity contribution in [3.8, 4) is 5.75 Å². The highest BCUT2D eigenvalue weighted by molar-refractivity contribution is 7.89. The average molecular weight is 467 g/mol. The number of sulfonamides is 1. The molecule has 1 aliphatic heterocycles. The summed E-state index contributed by atoms with van der Waals surface area (Å²) in [4.78, 5) is 11.2. The molecular weight excluding hydrogens is 448 g/mol. The van der Waals surface area contributed by atoms with Gasteiger partial charge >= 0.3 is 5.97 Å². The van der Waals surface area contributed by atoms with Gasteiger partial charge in [0.25, 0.3) is 0 Å². The minimum atomic E-state index is -3.91. The van der Waals surface area contributed by atoms with Crippen molar-refractivity contribution in [3.63, 3.8) is 0 Å². The van der Waals surface area contributed by atoms with Gasteiger partial charge in [-0.1, -0.05) is 0 Å². The van der Waals surface area contributed by atoms with Crippen molar-refractivity contribution in [2.24, 2.45) is 0 Å². The van der Waals surface area contributed by atoms with Crippen molar-refractivity contribution >= 4 is 36.4 Å². The second-order valence-electron chi connectivity index (χ2n) is 7.17. The second kappa shape index (κ2) is 8.16. The number of nitrogens with zero attached hydrogens (tertiary/aromatic N) is 3. The zero-order chi connectivity index (χ0) is 22.3. The molecule has 1 saturated heterocycles. The van der Waals surface area contributed by atoms with Gasteiger partial charge in [-0.15, -0.1) is 0 Å². The molecule has 1 aromatic heterocycles. The highest BCUT2D eigenvalue weighted by Gasteiger charge is 2.40. The van der Waals surface area contributed by atoms with E-state index in [4.69, 9.17) is 9.63 Å². The molecule has 9 nitrogen and oxygen atoms in total. The summed E-state index contributed by atoms with van der Waals surface area (Å²) < 4.78 is 47.3. The number of hydrogen-bond donors (Lipinski definition) is 2. The fourth-order valence-corrected chi connectivity index (χ4v) is 5.35. The zero-order valence-corrected chi connectivity index (χ0v) is 18.0. The summed E-state index contributed by atoms with van der Waals surface area (Å²) in [6.07, 6.45) is -1.50. The van der Waals surface area contributed by atoms with Crippen molar-refractivity contribution in [2.45, 2.75) is 23.5 Å². The van der Waals surface area contributed by atoms with Gasteiger partial charge in [0.1, 0.15) is 11.6 Å². The van der Waals surface area contributed by atoms with E-state index < -0.39 is 34.0 Å². The van der Waals surface area contributed by atoms with Crippen molar-refractivity contribution in [1.82, 2.24) is 14.1 Å². The maximum atomic E-state index is 13.9. The Morgan fingerprint density at radius 3 is 2.58 bits per heavy atom. The number of aromatic nitrogens is 2. The van der Waals surface area contributed by atoms with Crippen LogP contribution in [0.3, 0.4) is 0 Å². The van der Waals surface area contributed by atoms with Crippen molar-refractivity contribution < 1.29 is 32.3 Å². The molecule has 3 atom stereocenters. The lowest BCUT2D eigenvalue weighted by molar-refractivity contribution is -0.136. The molecule has 1 unspecified atom stereocenters. The first-order chi connectivity index (χ1) is 14.7. The molecule has 0 spiro atoms. The Balaban J connectivity index is 1.69. The Morgan fingerprint density at radius 2 is 1.94 bits per heavy atom. The Kier molecular flexibility index (Phi) is 5.69. The van der Waals surface area contributed by atoms with E-state index in [0.29, 0.717) is 16.7 Å². The molecule has 0 amide bonds. The van der Waals surface area contributed by atoms with Crippen LogP contribution in [0.15, 0.2) is 47.4 Å². The van der Waals surface area contributed by atoms with Crippen LogP contribution in [0, 0.1) is 5.82 Å². The molecule has 0 bridgehead atoms. The molecule has 0 aliphatic carbocycles. The van der Waals surface area contributed by atoms with Gasteiger partial charge in [0.2, 0.25) is 10.0 Å². The van der Waals surface area contributed by atoms with Crippen molar-refractivity contribution in [3.05, 3.63) is 54.0 Å². The maximum Gasteiger partial charge on any atom is 0.309 e.